The number of hydrogen-bond acceptors (Lipinski definition) is 3. The molecule has 2 rings (SSSR count). The summed E-state index contributed by atoms with van der Waals surface area (Å²) in [5.74, 6) is 0.0766. The molecule has 1 heterocycles. The summed E-state index contributed by atoms with van der Waals surface area (Å²) in [6, 6.07) is 4.99. The summed E-state index contributed by atoms with van der Waals surface area (Å²) < 4.78 is 39.9. The SMILES string of the molecule is Cc1nc(NC(=O)Cc2ccccc2C(F)(F)F)n(C)n1. The zero-order valence-corrected chi connectivity index (χ0v) is 11.4. The number of aryl methyl sites for hydroxylation is 2. The highest BCUT2D eigenvalue weighted by atomic mass is 19.4. The van der Waals surface area contributed by atoms with Gasteiger partial charge in [0.15, 0.2) is 0 Å². The lowest BCUT2D eigenvalue weighted by Gasteiger charge is -2.12. The molecule has 0 radical (unpaired) electrons. The second kappa shape index (κ2) is 5.55. The molecule has 1 amide bonds. The lowest BCUT2D eigenvalue weighted by atomic mass is 10.0. The molecule has 2 aromatic rings. The quantitative estimate of drug-likeness (QED) is 0.946. The highest BCUT2D eigenvalue weighted by Gasteiger charge is 2.33. The molecular weight excluding hydrogens is 285 g/mol. The van der Waals surface area contributed by atoms with Crippen molar-refractivity contribution in [3.05, 3.63) is 41.2 Å². The van der Waals surface area contributed by atoms with E-state index in [9.17, 15) is 18.0 Å². The predicted octanol–water partition coefficient (Wildman–Crippen LogP) is 2.32. The van der Waals surface area contributed by atoms with E-state index < -0.39 is 17.6 Å². The van der Waals surface area contributed by atoms with E-state index in [0.29, 0.717) is 5.82 Å². The Morgan fingerprint density at radius 2 is 2.00 bits per heavy atom. The van der Waals surface area contributed by atoms with E-state index in [1.165, 1.54) is 22.9 Å². The second-order valence-electron chi connectivity index (χ2n) is 4.49. The van der Waals surface area contributed by atoms with Gasteiger partial charge < -0.3 is 0 Å². The molecular formula is C13H13F3N4O. The molecule has 0 saturated carbocycles. The van der Waals surface area contributed by atoms with Crippen LogP contribution in [0.15, 0.2) is 24.3 Å². The smallest absolute Gasteiger partial charge is 0.294 e. The molecule has 0 aliphatic carbocycles. The van der Waals surface area contributed by atoms with Crippen molar-refractivity contribution < 1.29 is 18.0 Å². The standard InChI is InChI=1S/C13H13F3N4O/c1-8-17-12(20(2)19-8)18-11(21)7-9-5-3-4-6-10(9)13(14,15)16/h3-6H,7H2,1-2H3,(H,17,18,19,21). The number of rotatable bonds is 3. The lowest BCUT2D eigenvalue weighted by molar-refractivity contribution is -0.138. The van der Waals surface area contributed by atoms with Crippen LogP contribution in [-0.4, -0.2) is 20.7 Å². The molecule has 0 bridgehead atoms. The molecule has 5 nitrogen and oxygen atoms in total. The number of nitrogens with zero attached hydrogens (tertiary/aromatic N) is 3. The molecule has 0 saturated heterocycles. The first-order chi connectivity index (χ1) is 9.77. The number of carbonyl (C=O) groups is 1. The van der Waals surface area contributed by atoms with Crippen LogP contribution in [0.4, 0.5) is 19.1 Å². The number of anilines is 1. The molecule has 0 fully saturated rings. The first-order valence-electron chi connectivity index (χ1n) is 6.10. The van der Waals surface area contributed by atoms with E-state index >= 15 is 0 Å². The van der Waals surface area contributed by atoms with E-state index in [4.69, 9.17) is 0 Å². The van der Waals surface area contributed by atoms with Crippen molar-refractivity contribution in [2.24, 2.45) is 7.05 Å². The van der Waals surface area contributed by atoms with Crippen molar-refractivity contribution in [1.29, 1.82) is 0 Å². The Morgan fingerprint density at radius 3 is 2.57 bits per heavy atom. The van der Waals surface area contributed by atoms with Crippen LogP contribution < -0.4 is 5.32 Å². The van der Waals surface area contributed by atoms with Crippen LogP contribution in [0.3, 0.4) is 0 Å². The minimum absolute atomic E-state index is 0.0820. The average molecular weight is 298 g/mol. The summed E-state index contributed by atoms with van der Waals surface area (Å²) in [7, 11) is 1.58. The third kappa shape index (κ3) is 3.59. The monoisotopic (exact) mass is 298 g/mol. The first kappa shape index (κ1) is 15.0. The maximum absolute atomic E-state index is 12.8. The number of aromatic nitrogens is 3. The van der Waals surface area contributed by atoms with Gasteiger partial charge in [-0.3, -0.25) is 10.1 Å². The fourth-order valence-corrected chi connectivity index (χ4v) is 1.91. The fourth-order valence-electron chi connectivity index (χ4n) is 1.91. The van der Waals surface area contributed by atoms with Crippen molar-refractivity contribution in [3.63, 3.8) is 0 Å². The van der Waals surface area contributed by atoms with Gasteiger partial charge in [-0.2, -0.15) is 23.3 Å². The molecule has 8 heteroatoms. The Bertz CT molecular complexity index is 664. The summed E-state index contributed by atoms with van der Waals surface area (Å²) in [6.45, 7) is 1.65. The number of alkyl halides is 3. The molecule has 0 atom stereocenters. The van der Waals surface area contributed by atoms with Crippen molar-refractivity contribution >= 4 is 11.9 Å². The molecule has 0 unspecified atom stereocenters. The molecule has 0 aliphatic rings. The van der Waals surface area contributed by atoms with Crippen LogP contribution in [-0.2, 0) is 24.4 Å². The average Bonchev–Trinajstić information content (AvgIpc) is 2.67. The Morgan fingerprint density at radius 1 is 1.33 bits per heavy atom. The molecule has 0 spiro atoms. The van der Waals surface area contributed by atoms with Gasteiger partial charge >= 0.3 is 6.18 Å². The molecule has 1 aromatic heterocycles. The predicted molar refractivity (Wildman–Crippen MR) is 69.5 cm³/mol. The minimum atomic E-state index is -4.49. The minimum Gasteiger partial charge on any atom is -0.294 e. The van der Waals surface area contributed by atoms with Crippen LogP contribution >= 0.6 is 0 Å². The number of amides is 1. The highest BCUT2D eigenvalue weighted by molar-refractivity contribution is 5.90. The van der Waals surface area contributed by atoms with Gasteiger partial charge in [-0.25, -0.2) is 4.68 Å². The molecule has 0 aliphatic heterocycles. The van der Waals surface area contributed by atoms with Crippen molar-refractivity contribution in [2.45, 2.75) is 19.5 Å². The molecule has 1 N–H and O–H groups in total. The number of halogens is 3. The third-order valence-corrected chi connectivity index (χ3v) is 2.79. The first-order valence-corrected chi connectivity index (χ1v) is 6.10. The summed E-state index contributed by atoms with van der Waals surface area (Å²) in [4.78, 5) is 15.8. The van der Waals surface area contributed by atoms with Crippen LogP contribution in [0.5, 0.6) is 0 Å². The van der Waals surface area contributed by atoms with Crippen molar-refractivity contribution in [3.8, 4) is 0 Å². The summed E-state index contributed by atoms with van der Waals surface area (Å²) in [6.07, 6.45) is -4.88. The van der Waals surface area contributed by atoms with Gasteiger partial charge in [0.25, 0.3) is 0 Å². The van der Waals surface area contributed by atoms with E-state index in [0.717, 1.165) is 6.07 Å². The topological polar surface area (TPSA) is 59.8 Å². The Kier molecular flexibility index (Phi) is 3.97. The van der Waals surface area contributed by atoms with E-state index in [-0.39, 0.29) is 17.9 Å². The number of carbonyl (C=O) groups excluding carboxylic acids is 1. The summed E-state index contributed by atoms with van der Waals surface area (Å²) >= 11 is 0. The van der Waals surface area contributed by atoms with Crippen molar-refractivity contribution in [1.82, 2.24) is 14.8 Å². The molecule has 1 aromatic carbocycles. The van der Waals surface area contributed by atoms with Crippen molar-refractivity contribution in [2.75, 3.05) is 5.32 Å². The van der Waals surface area contributed by atoms with Gasteiger partial charge in [0.2, 0.25) is 11.9 Å². The second-order valence-corrected chi connectivity index (χ2v) is 4.49. The van der Waals surface area contributed by atoms with Gasteiger partial charge in [-0.05, 0) is 18.6 Å². The summed E-state index contributed by atoms with van der Waals surface area (Å²) in [5.41, 5.74) is -0.893. The van der Waals surface area contributed by atoms with Crippen LogP contribution in [0.2, 0.25) is 0 Å². The van der Waals surface area contributed by atoms with E-state index in [1.807, 2.05) is 0 Å². The number of nitrogens with one attached hydrogen (secondary N) is 1. The Hall–Kier alpha value is -2.38. The maximum atomic E-state index is 12.8. The molecule has 112 valence electrons. The number of benzene rings is 1. The van der Waals surface area contributed by atoms with Crippen LogP contribution in [0, 0.1) is 6.92 Å². The fraction of sp³-hybridized carbons (Fsp3) is 0.308. The highest BCUT2D eigenvalue weighted by Crippen LogP contribution is 2.32. The zero-order valence-electron chi connectivity index (χ0n) is 11.4. The zero-order chi connectivity index (χ0) is 15.6. The molecule has 21 heavy (non-hydrogen) atoms. The number of hydrogen-bond donors (Lipinski definition) is 1. The van der Waals surface area contributed by atoms with Gasteiger partial charge in [0, 0.05) is 7.05 Å². The third-order valence-electron chi connectivity index (χ3n) is 2.79. The van der Waals surface area contributed by atoms with Gasteiger partial charge in [-0.15, -0.1) is 0 Å². The van der Waals surface area contributed by atoms with Crippen LogP contribution in [0.25, 0.3) is 0 Å². The Balaban J connectivity index is 2.15. The summed E-state index contributed by atoms with van der Waals surface area (Å²) in [5, 5.41) is 6.38. The van der Waals surface area contributed by atoms with Gasteiger partial charge in [-0.1, -0.05) is 18.2 Å². The maximum Gasteiger partial charge on any atom is 0.416 e. The van der Waals surface area contributed by atoms with E-state index in [2.05, 4.69) is 15.4 Å². The largest absolute Gasteiger partial charge is 0.416 e. The normalized spacial score (nSPS) is 11.5. The van der Waals surface area contributed by atoms with Gasteiger partial charge in [0.05, 0.1) is 12.0 Å². The van der Waals surface area contributed by atoms with Crippen LogP contribution in [0.1, 0.15) is 17.0 Å². The Labute approximate surface area is 118 Å². The van der Waals surface area contributed by atoms with E-state index in [1.54, 1.807) is 14.0 Å². The lowest BCUT2D eigenvalue weighted by Crippen LogP contribution is -2.19. The van der Waals surface area contributed by atoms with Gasteiger partial charge in [0.1, 0.15) is 5.82 Å².